The third-order valence-corrected chi connectivity index (χ3v) is 5.59. The fourth-order valence-corrected chi connectivity index (χ4v) is 4.17. The summed E-state index contributed by atoms with van der Waals surface area (Å²) in [5.74, 6) is 0. The summed E-state index contributed by atoms with van der Waals surface area (Å²) >= 11 is 0. The van der Waals surface area contributed by atoms with Crippen LogP contribution in [0.2, 0.25) is 0 Å². The molecule has 0 radical (unpaired) electrons. The van der Waals surface area contributed by atoms with Crippen molar-refractivity contribution in [2.75, 3.05) is 0 Å². The van der Waals surface area contributed by atoms with E-state index in [1.54, 1.807) is 27.9 Å². The van der Waals surface area contributed by atoms with Gasteiger partial charge in [0.25, 0.3) is 0 Å². The van der Waals surface area contributed by atoms with Crippen LogP contribution in [-0.4, -0.2) is 0 Å². The molecular weight excluding hydrogens is 252 g/mol. The van der Waals surface area contributed by atoms with Crippen LogP contribution >= 0.6 is 0 Å². The third kappa shape index (κ3) is 2.18. The van der Waals surface area contributed by atoms with Gasteiger partial charge in [0.1, 0.15) is 0 Å². The molecule has 3 aliphatic rings. The van der Waals surface area contributed by atoms with E-state index in [1.807, 2.05) is 0 Å². The van der Waals surface area contributed by atoms with Crippen LogP contribution in [0.25, 0.3) is 0 Å². The zero-order valence-electron chi connectivity index (χ0n) is 15.1. The van der Waals surface area contributed by atoms with E-state index in [0.29, 0.717) is 0 Å². The summed E-state index contributed by atoms with van der Waals surface area (Å²) in [7, 11) is 0. The van der Waals surface area contributed by atoms with Crippen molar-refractivity contribution in [1.29, 1.82) is 0 Å². The second-order valence-corrected chi connectivity index (χ2v) is 9.40. The van der Waals surface area contributed by atoms with Gasteiger partial charge in [0, 0.05) is 5.41 Å². The average molecular weight is 282 g/mol. The van der Waals surface area contributed by atoms with Crippen LogP contribution in [0.3, 0.4) is 0 Å². The quantitative estimate of drug-likeness (QED) is 0.524. The van der Waals surface area contributed by atoms with Gasteiger partial charge in [-0.25, -0.2) is 0 Å². The Morgan fingerprint density at radius 1 is 0.952 bits per heavy atom. The topological polar surface area (TPSA) is 0 Å². The van der Waals surface area contributed by atoms with Gasteiger partial charge in [-0.15, -0.1) is 0 Å². The highest BCUT2D eigenvalue weighted by atomic mass is 14.5. The molecule has 0 aliphatic heterocycles. The molecule has 3 aliphatic carbocycles. The molecule has 0 heteroatoms. The zero-order valence-corrected chi connectivity index (χ0v) is 15.1. The molecule has 114 valence electrons. The van der Waals surface area contributed by atoms with Gasteiger partial charge in [-0.2, -0.15) is 0 Å². The molecule has 0 saturated heterocycles. The van der Waals surface area contributed by atoms with Crippen molar-refractivity contribution < 1.29 is 0 Å². The lowest BCUT2D eigenvalue weighted by molar-refractivity contribution is 0.449. The number of allylic oxidation sites excluding steroid dienone is 8. The van der Waals surface area contributed by atoms with E-state index >= 15 is 0 Å². The second kappa shape index (κ2) is 4.03. The summed E-state index contributed by atoms with van der Waals surface area (Å²) in [4.78, 5) is 0. The zero-order chi connectivity index (χ0) is 15.8. The molecule has 1 atom stereocenters. The predicted octanol–water partition coefficient (Wildman–Crippen LogP) is 6.37. The van der Waals surface area contributed by atoms with Gasteiger partial charge in [0.15, 0.2) is 0 Å². The van der Waals surface area contributed by atoms with Gasteiger partial charge in [-0.1, -0.05) is 70.4 Å². The van der Waals surface area contributed by atoms with Crippen LogP contribution in [0.5, 0.6) is 0 Å². The van der Waals surface area contributed by atoms with Gasteiger partial charge < -0.3 is 0 Å². The highest BCUT2D eigenvalue weighted by Crippen LogP contribution is 2.61. The minimum atomic E-state index is 0.211. The maximum absolute atomic E-state index is 2.54. The summed E-state index contributed by atoms with van der Waals surface area (Å²) in [5, 5.41) is 0. The van der Waals surface area contributed by atoms with Crippen molar-refractivity contribution in [3.63, 3.8) is 0 Å². The Balaban J connectivity index is 2.02. The van der Waals surface area contributed by atoms with Gasteiger partial charge in [0.2, 0.25) is 0 Å². The van der Waals surface area contributed by atoms with Gasteiger partial charge in [-0.05, 0) is 54.2 Å². The summed E-state index contributed by atoms with van der Waals surface area (Å²) in [6, 6.07) is 0. The highest BCUT2D eigenvalue weighted by Gasteiger charge is 2.47. The second-order valence-electron chi connectivity index (χ2n) is 9.40. The Morgan fingerprint density at radius 3 is 1.90 bits per heavy atom. The summed E-state index contributed by atoms with van der Waals surface area (Å²) < 4.78 is 0. The first-order valence-electron chi connectivity index (χ1n) is 8.32. The molecule has 21 heavy (non-hydrogen) atoms. The SMILES string of the molecule is CC1=CC(C)(C2=CC(C(C)(C)C)=C(C(C)(C)C)C2)C2=C1C2. The molecule has 0 spiro atoms. The first-order chi connectivity index (χ1) is 9.44. The number of rotatable bonds is 1. The molecule has 3 rings (SSSR count). The van der Waals surface area contributed by atoms with Crippen molar-refractivity contribution in [3.8, 4) is 0 Å². The fourth-order valence-electron chi connectivity index (χ4n) is 4.17. The lowest BCUT2D eigenvalue weighted by Gasteiger charge is -2.30. The van der Waals surface area contributed by atoms with Gasteiger partial charge in [0.05, 0.1) is 0 Å². The number of hydrogen-bond acceptors (Lipinski definition) is 0. The molecule has 0 nitrogen and oxygen atoms in total. The van der Waals surface area contributed by atoms with Crippen LogP contribution < -0.4 is 0 Å². The van der Waals surface area contributed by atoms with Crippen molar-refractivity contribution in [2.45, 2.75) is 68.2 Å². The molecule has 1 unspecified atom stereocenters. The van der Waals surface area contributed by atoms with Crippen LogP contribution in [-0.2, 0) is 0 Å². The molecule has 0 heterocycles. The van der Waals surface area contributed by atoms with E-state index in [-0.39, 0.29) is 16.2 Å². The van der Waals surface area contributed by atoms with Crippen LogP contribution in [0, 0.1) is 16.2 Å². The maximum Gasteiger partial charge on any atom is 0.0293 e. The summed E-state index contributed by atoms with van der Waals surface area (Å²) in [5.41, 5.74) is 10.4. The lowest BCUT2D eigenvalue weighted by atomic mass is 9.74. The van der Waals surface area contributed by atoms with Gasteiger partial charge in [-0.3, -0.25) is 0 Å². The normalized spacial score (nSPS) is 29.0. The van der Waals surface area contributed by atoms with E-state index in [2.05, 4.69) is 67.5 Å². The lowest BCUT2D eigenvalue weighted by Crippen LogP contribution is -2.17. The van der Waals surface area contributed by atoms with E-state index in [1.165, 1.54) is 12.0 Å². The predicted molar refractivity (Wildman–Crippen MR) is 92.1 cm³/mol. The van der Waals surface area contributed by atoms with Crippen molar-refractivity contribution in [2.24, 2.45) is 16.2 Å². The van der Waals surface area contributed by atoms with Crippen molar-refractivity contribution >= 4 is 0 Å². The molecule has 0 amide bonds. The Morgan fingerprint density at radius 2 is 1.57 bits per heavy atom. The first-order valence-corrected chi connectivity index (χ1v) is 8.32. The number of hydrogen-bond donors (Lipinski definition) is 0. The smallest absolute Gasteiger partial charge is 0.0293 e. The monoisotopic (exact) mass is 282 g/mol. The van der Waals surface area contributed by atoms with Gasteiger partial charge >= 0.3 is 0 Å². The van der Waals surface area contributed by atoms with Crippen LogP contribution in [0.1, 0.15) is 68.2 Å². The fraction of sp³-hybridized carbons (Fsp3) is 0.619. The third-order valence-electron chi connectivity index (χ3n) is 5.59. The molecule has 0 aromatic rings. The Hall–Kier alpha value is -1.04. The first kappa shape index (κ1) is 14.9. The van der Waals surface area contributed by atoms with Crippen molar-refractivity contribution in [1.82, 2.24) is 0 Å². The minimum Gasteiger partial charge on any atom is -0.0672 e. The Kier molecular flexibility index (Phi) is 2.85. The van der Waals surface area contributed by atoms with E-state index in [9.17, 15) is 0 Å². The standard InChI is InChI=1S/C21H30/c1-13-12-21(8,16-11-15(13)16)14-9-17(19(2,3)4)18(10-14)20(5,6)7/h9,12H,10-11H2,1-8H3. The van der Waals surface area contributed by atoms with Crippen molar-refractivity contribution in [3.05, 3.63) is 45.6 Å². The Bertz CT molecular complexity index is 633. The minimum absolute atomic E-state index is 0.211. The maximum atomic E-state index is 2.54. The van der Waals surface area contributed by atoms with E-state index < -0.39 is 0 Å². The molecule has 0 aromatic carbocycles. The molecule has 0 bridgehead atoms. The Labute approximate surface area is 130 Å². The van der Waals surface area contributed by atoms with E-state index in [4.69, 9.17) is 0 Å². The van der Waals surface area contributed by atoms with Crippen LogP contribution in [0.4, 0.5) is 0 Å². The summed E-state index contributed by atoms with van der Waals surface area (Å²) in [6.45, 7) is 18.9. The largest absolute Gasteiger partial charge is 0.0672 e. The average Bonchev–Trinajstić information content (AvgIpc) is 2.88. The molecule has 0 fully saturated rings. The van der Waals surface area contributed by atoms with E-state index in [0.717, 1.165) is 6.42 Å². The summed E-state index contributed by atoms with van der Waals surface area (Å²) in [6.07, 6.45) is 7.47. The van der Waals surface area contributed by atoms with Crippen LogP contribution in [0.15, 0.2) is 45.6 Å². The molecule has 0 aromatic heterocycles. The molecule has 0 saturated carbocycles. The molecule has 0 N–H and O–H groups in total. The highest BCUT2D eigenvalue weighted by molar-refractivity contribution is 5.66. The molecular formula is C21H30.